The van der Waals surface area contributed by atoms with E-state index in [1.807, 2.05) is 20.2 Å². The third-order valence-corrected chi connectivity index (χ3v) is 2.93. The molecule has 1 aliphatic rings. The highest BCUT2D eigenvalue weighted by Crippen LogP contribution is 2.23. The first-order valence-corrected chi connectivity index (χ1v) is 5.39. The Balaban J connectivity index is 2.11. The summed E-state index contributed by atoms with van der Waals surface area (Å²) in [5.74, 6) is -0.0443. The van der Waals surface area contributed by atoms with Gasteiger partial charge in [-0.1, -0.05) is 0 Å². The van der Waals surface area contributed by atoms with Gasteiger partial charge in [-0.25, -0.2) is 4.98 Å². The van der Waals surface area contributed by atoms with Gasteiger partial charge >= 0.3 is 5.97 Å². The highest BCUT2D eigenvalue weighted by Gasteiger charge is 2.26. The van der Waals surface area contributed by atoms with Crippen LogP contribution in [-0.2, 0) is 22.5 Å². The number of esters is 1. The van der Waals surface area contributed by atoms with Gasteiger partial charge in [0.25, 0.3) is 0 Å². The van der Waals surface area contributed by atoms with Crippen molar-refractivity contribution in [1.82, 2.24) is 9.55 Å². The van der Waals surface area contributed by atoms with Crippen LogP contribution in [0.3, 0.4) is 0 Å². The van der Waals surface area contributed by atoms with Crippen LogP contribution in [0.5, 0.6) is 0 Å². The summed E-state index contributed by atoms with van der Waals surface area (Å²) < 4.78 is 7.17. The van der Waals surface area contributed by atoms with Crippen molar-refractivity contribution in [3.05, 3.63) is 17.7 Å². The van der Waals surface area contributed by atoms with Crippen LogP contribution in [0, 0.1) is 12.8 Å². The Labute approximate surface area is 89.3 Å². The molecule has 1 unspecified atom stereocenters. The van der Waals surface area contributed by atoms with Crippen LogP contribution in [0.4, 0.5) is 0 Å². The summed E-state index contributed by atoms with van der Waals surface area (Å²) in [6, 6.07) is 0. The number of carbonyl (C=O) groups excluding carboxylic acids is 1. The highest BCUT2D eigenvalue weighted by atomic mass is 16.5. The largest absolute Gasteiger partial charge is 0.466 e. The SMILES string of the molecule is CCOC(=O)C1CCn2cnc(C)c2C1. The maximum atomic E-state index is 11.6. The predicted octanol–water partition coefficient (Wildman–Crippen LogP) is 1.32. The summed E-state index contributed by atoms with van der Waals surface area (Å²) in [4.78, 5) is 15.8. The Hall–Kier alpha value is -1.32. The monoisotopic (exact) mass is 208 g/mol. The molecule has 1 aromatic heterocycles. The molecule has 82 valence electrons. The van der Waals surface area contributed by atoms with E-state index in [1.54, 1.807) is 0 Å². The molecule has 0 saturated carbocycles. The van der Waals surface area contributed by atoms with E-state index >= 15 is 0 Å². The zero-order valence-electron chi connectivity index (χ0n) is 9.19. The maximum Gasteiger partial charge on any atom is 0.309 e. The van der Waals surface area contributed by atoms with Gasteiger partial charge in [-0.05, 0) is 20.3 Å². The Morgan fingerprint density at radius 2 is 2.53 bits per heavy atom. The van der Waals surface area contributed by atoms with E-state index in [0.717, 1.165) is 25.1 Å². The Kier molecular flexibility index (Phi) is 2.75. The van der Waals surface area contributed by atoms with Crippen LogP contribution >= 0.6 is 0 Å². The number of ether oxygens (including phenoxy) is 1. The highest BCUT2D eigenvalue weighted by molar-refractivity contribution is 5.72. The fourth-order valence-corrected chi connectivity index (χ4v) is 2.06. The van der Waals surface area contributed by atoms with Crippen molar-refractivity contribution in [2.24, 2.45) is 5.92 Å². The Morgan fingerprint density at radius 3 is 3.27 bits per heavy atom. The summed E-state index contributed by atoms with van der Waals surface area (Å²) in [7, 11) is 0. The molecule has 1 aliphatic heterocycles. The molecule has 0 saturated heterocycles. The molecule has 1 aromatic rings. The van der Waals surface area contributed by atoms with Crippen molar-refractivity contribution in [3.63, 3.8) is 0 Å². The standard InChI is InChI=1S/C11H16N2O2/c1-3-15-11(14)9-4-5-13-7-12-8(2)10(13)6-9/h7,9H,3-6H2,1-2H3. The predicted molar refractivity (Wildman–Crippen MR) is 55.4 cm³/mol. The van der Waals surface area contributed by atoms with Crippen LogP contribution in [0.25, 0.3) is 0 Å². The number of hydrogen-bond donors (Lipinski definition) is 0. The van der Waals surface area contributed by atoms with Crippen molar-refractivity contribution in [1.29, 1.82) is 0 Å². The van der Waals surface area contributed by atoms with Gasteiger partial charge in [-0.3, -0.25) is 4.79 Å². The molecule has 4 heteroatoms. The molecule has 2 heterocycles. The lowest BCUT2D eigenvalue weighted by Gasteiger charge is -2.22. The van der Waals surface area contributed by atoms with Crippen molar-refractivity contribution in [3.8, 4) is 0 Å². The normalized spacial score (nSPS) is 19.7. The van der Waals surface area contributed by atoms with Crippen molar-refractivity contribution in [2.75, 3.05) is 6.61 Å². The van der Waals surface area contributed by atoms with Crippen molar-refractivity contribution in [2.45, 2.75) is 33.2 Å². The minimum atomic E-state index is -0.0654. The second kappa shape index (κ2) is 4.04. The summed E-state index contributed by atoms with van der Waals surface area (Å²) in [6.45, 7) is 5.17. The average Bonchev–Trinajstić information content (AvgIpc) is 2.60. The van der Waals surface area contributed by atoms with Gasteiger partial charge in [-0.15, -0.1) is 0 Å². The van der Waals surface area contributed by atoms with Crippen LogP contribution in [0.2, 0.25) is 0 Å². The molecule has 0 bridgehead atoms. The number of fused-ring (bicyclic) bond motifs is 1. The molecule has 4 nitrogen and oxygen atoms in total. The van der Waals surface area contributed by atoms with Crippen molar-refractivity contribution >= 4 is 5.97 Å². The second-order valence-corrected chi connectivity index (χ2v) is 3.91. The average molecular weight is 208 g/mol. The fraction of sp³-hybridized carbons (Fsp3) is 0.636. The topological polar surface area (TPSA) is 44.1 Å². The first kappa shape index (κ1) is 10.2. The third kappa shape index (κ3) is 1.89. The number of imidazole rings is 1. The number of aryl methyl sites for hydroxylation is 2. The number of rotatable bonds is 2. The van der Waals surface area contributed by atoms with E-state index in [-0.39, 0.29) is 11.9 Å². The maximum absolute atomic E-state index is 11.6. The first-order valence-electron chi connectivity index (χ1n) is 5.39. The molecule has 2 rings (SSSR count). The van der Waals surface area contributed by atoms with Gasteiger partial charge in [0.1, 0.15) is 0 Å². The quantitative estimate of drug-likeness (QED) is 0.688. The van der Waals surface area contributed by atoms with Crippen LogP contribution in [0.15, 0.2) is 6.33 Å². The van der Waals surface area contributed by atoms with Crippen LogP contribution in [-0.4, -0.2) is 22.1 Å². The molecule has 15 heavy (non-hydrogen) atoms. The van der Waals surface area contributed by atoms with Gasteiger partial charge < -0.3 is 9.30 Å². The van der Waals surface area contributed by atoms with E-state index in [0.29, 0.717) is 6.61 Å². The third-order valence-electron chi connectivity index (χ3n) is 2.93. The van der Waals surface area contributed by atoms with E-state index in [2.05, 4.69) is 9.55 Å². The lowest BCUT2D eigenvalue weighted by atomic mass is 9.95. The zero-order valence-corrected chi connectivity index (χ0v) is 9.19. The summed E-state index contributed by atoms with van der Waals surface area (Å²) >= 11 is 0. The van der Waals surface area contributed by atoms with E-state index in [9.17, 15) is 4.79 Å². The molecule has 0 fully saturated rings. The number of aromatic nitrogens is 2. The second-order valence-electron chi connectivity index (χ2n) is 3.91. The Morgan fingerprint density at radius 1 is 1.73 bits per heavy atom. The van der Waals surface area contributed by atoms with Gasteiger partial charge in [-0.2, -0.15) is 0 Å². The van der Waals surface area contributed by atoms with Crippen LogP contribution < -0.4 is 0 Å². The number of hydrogen-bond acceptors (Lipinski definition) is 3. The van der Waals surface area contributed by atoms with Gasteiger partial charge in [0.15, 0.2) is 0 Å². The summed E-state index contributed by atoms with van der Waals surface area (Å²) in [6.07, 6.45) is 3.48. The molecule has 0 spiro atoms. The smallest absolute Gasteiger partial charge is 0.309 e. The molecular weight excluding hydrogens is 192 g/mol. The molecule has 0 amide bonds. The van der Waals surface area contributed by atoms with Gasteiger partial charge in [0, 0.05) is 18.7 Å². The van der Waals surface area contributed by atoms with E-state index in [4.69, 9.17) is 4.74 Å². The minimum absolute atomic E-state index is 0.0212. The van der Waals surface area contributed by atoms with Gasteiger partial charge in [0.2, 0.25) is 0 Å². The molecule has 0 radical (unpaired) electrons. The fourth-order valence-electron chi connectivity index (χ4n) is 2.06. The number of carbonyl (C=O) groups is 1. The summed E-state index contributed by atoms with van der Waals surface area (Å²) in [5.41, 5.74) is 2.21. The molecular formula is C11H16N2O2. The molecule has 1 atom stereocenters. The summed E-state index contributed by atoms with van der Waals surface area (Å²) in [5, 5.41) is 0. The molecule has 0 N–H and O–H groups in total. The molecule has 0 aliphatic carbocycles. The number of nitrogens with zero attached hydrogens (tertiary/aromatic N) is 2. The van der Waals surface area contributed by atoms with Crippen molar-refractivity contribution < 1.29 is 9.53 Å². The Bertz CT molecular complexity index is 371. The lowest BCUT2D eigenvalue weighted by Crippen LogP contribution is -2.27. The van der Waals surface area contributed by atoms with E-state index < -0.39 is 0 Å². The van der Waals surface area contributed by atoms with Gasteiger partial charge in [0.05, 0.1) is 24.5 Å². The first-order chi connectivity index (χ1) is 7.22. The zero-order chi connectivity index (χ0) is 10.8. The molecule has 0 aromatic carbocycles. The minimum Gasteiger partial charge on any atom is -0.466 e. The van der Waals surface area contributed by atoms with Crippen LogP contribution in [0.1, 0.15) is 24.7 Å². The lowest BCUT2D eigenvalue weighted by molar-refractivity contribution is -0.148. The van der Waals surface area contributed by atoms with E-state index in [1.165, 1.54) is 5.69 Å².